The summed E-state index contributed by atoms with van der Waals surface area (Å²) in [6.07, 6.45) is 0. The first-order valence-corrected chi connectivity index (χ1v) is 9.75. The molecule has 1 heterocycles. The van der Waals surface area contributed by atoms with Gasteiger partial charge in [0, 0.05) is 19.3 Å². The topological polar surface area (TPSA) is 66.5 Å². The van der Waals surface area contributed by atoms with Crippen molar-refractivity contribution in [3.8, 4) is 0 Å². The van der Waals surface area contributed by atoms with Crippen LogP contribution in [0.1, 0.15) is 24.0 Å². The van der Waals surface area contributed by atoms with Crippen molar-refractivity contribution in [1.29, 1.82) is 0 Å². The zero-order chi connectivity index (χ0) is 18.4. The molecular weight excluding hydrogens is 383 g/mol. The molecule has 1 N–H and O–H groups in total. The summed E-state index contributed by atoms with van der Waals surface area (Å²) in [5, 5.41) is 3.53. The molecule has 1 atom stereocenters. The predicted molar refractivity (Wildman–Crippen MR) is 98.6 cm³/mol. The molecule has 8 heteroatoms. The Labute approximate surface area is 156 Å². The van der Waals surface area contributed by atoms with Crippen molar-refractivity contribution in [3.05, 3.63) is 57.6 Å². The Hall–Kier alpha value is -1.60. The quantitative estimate of drug-likeness (QED) is 0.849. The molecule has 0 fully saturated rings. The summed E-state index contributed by atoms with van der Waals surface area (Å²) >= 11 is 11.9. The Morgan fingerprint density at radius 1 is 1.12 bits per heavy atom. The summed E-state index contributed by atoms with van der Waals surface area (Å²) < 4.78 is 26.9. The number of carbonyl (C=O) groups is 1. The highest BCUT2D eigenvalue weighted by atomic mass is 35.5. The third-order valence-corrected chi connectivity index (χ3v) is 6.78. The van der Waals surface area contributed by atoms with Gasteiger partial charge in [-0.3, -0.25) is 4.79 Å². The first-order valence-electron chi connectivity index (χ1n) is 7.55. The average molecular weight is 399 g/mol. The van der Waals surface area contributed by atoms with Crippen LogP contribution in [0.4, 0.5) is 5.69 Å². The van der Waals surface area contributed by atoms with Gasteiger partial charge in [0.15, 0.2) is 0 Å². The molecule has 0 saturated heterocycles. The number of carbonyl (C=O) groups excluding carboxylic acids is 1. The zero-order valence-electron chi connectivity index (χ0n) is 13.6. The molecule has 0 spiro atoms. The van der Waals surface area contributed by atoms with E-state index >= 15 is 0 Å². The second-order valence-corrected chi connectivity index (χ2v) is 8.83. The van der Waals surface area contributed by atoms with Crippen molar-refractivity contribution in [3.63, 3.8) is 0 Å². The van der Waals surface area contributed by atoms with Crippen LogP contribution in [0.3, 0.4) is 0 Å². The number of halogens is 2. The molecule has 132 valence electrons. The van der Waals surface area contributed by atoms with E-state index in [-0.39, 0.29) is 23.3 Å². The summed E-state index contributed by atoms with van der Waals surface area (Å²) in [5.74, 6) is -0.501. The van der Waals surface area contributed by atoms with Crippen LogP contribution in [-0.4, -0.2) is 25.7 Å². The molecular formula is C17H16Cl2N2O3S. The van der Waals surface area contributed by atoms with Gasteiger partial charge in [-0.25, -0.2) is 8.42 Å². The molecule has 0 aromatic heterocycles. The van der Waals surface area contributed by atoms with E-state index in [1.54, 1.807) is 37.3 Å². The number of anilines is 1. The Kier molecular flexibility index (Phi) is 4.81. The Morgan fingerprint density at radius 3 is 2.52 bits per heavy atom. The van der Waals surface area contributed by atoms with Crippen LogP contribution in [0.25, 0.3) is 0 Å². The molecule has 2 aromatic rings. The van der Waals surface area contributed by atoms with Crippen molar-refractivity contribution in [2.75, 3.05) is 12.4 Å². The maximum absolute atomic E-state index is 12.8. The molecule has 25 heavy (non-hydrogen) atoms. The van der Waals surface area contributed by atoms with E-state index in [9.17, 15) is 13.2 Å². The van der Waals surface area contributed by atoms with Gasteiger partial charge in [-0.1, -0.05) is 29.3 Å². The van der Waals surface area contributed by atoms with Gasteiger partial charge in [0.1, 0.15) is 0 Å². The standard InChI is InChI=1S/C17H16Cl2N2O3S/c1-10-13-8-12(4-6-16(13)20-17(10)22)25(23,24)21(2)9-11-3-5-14(18)15(19)7-11/h3-8,10H,9H2,1-2H3,(H,20,22)/t10-/m0/s1. The molecule has 3 rings (SSSR count). The van der Waals surface area contributed by atoms with Gasteiger partial charge in [0.05, 0.1) is 20.9 Å². The highest BCUT2D eigenvalue weighted by Gasteiger charge is 2.29. The lowest BCUT2D eigenvalue weighted by molar-refractivity contribution is -0.116. The SMILES string of the molecule is C[C@@H]1C(=O)Nc2ccc(S(=O)(=O)N(C)Cc3ccc(Cl)c(Cl)c3)cc21. The van der Waals surface area contributed by atoms with Crippen LogP contribution < -0.4 is 5.32 Å². The molecule has 1 aliphatic heterocycles. The molecule has 1 aliphatic rings. The van der Waals surface area contributed by atoms with E-state index in [4.69, 9.17) is 23.2 Å². The highest BCUT2D eigenvalue weighted by molar-refractivity contribution is 7.89. The van der Waals surface area contributed by atoms with Gasteiger partial charge in [-0.15, -0.1) is 0 Å². The molecule has 1 amide bonds. The zero-order valence-corrected chi connectivity index (χ0v) is 15.9. The minimum Gasteiger partial charge on any atom is -0.325 e. The Morgan fingerprint density at radius 2 is 1.84 bits per heavy atom. The minimum absolute atomic E-state index is 0.131. The molecule has 0 bridgehead atoms. The Balaban J connectivity index is 1.88. The third-order valence-electron chi connectivity index (χ3n) is 4.24. The van der Waals surface area contributed by atoms with Crippen LogP contribution in [0.15, 0.2) is 41.3 Å². The highest BCUT2D eigenvalue weighted by Crippen LogP contribution is 2.34. The third kappa shape index (κ3) is 3.40. The maximum atomic E-state index is 12.8. The summed E-state index contributed by atoms with van der Waals surface area (Å²) in [7, 11) is -2.21. The van der Waals surface area contributed by atoms with E-state index in [0.29, 0.717) is 21.3 Å². The van der Waals surface area contributed by atoms with Crippen LogP contribution in [0.5, 0.6) is 0 Å². The molecule has 5 nitrogen and oxygen atoms in total. The number of nitrogens with one attached hydrogen (secondary N) is 1. The van der Waals surface area contributed by atoms with E-state index in [1.165, 1.54) is 17.4 Å². The number of amides is 1. The van der Waals surface area contributed by atoms with Gasteiger partial charge in [0.2, 0.25) is 15.9 Å². The molecule has 0 saturated carbocycles. The van der Waals surface area contributed by atoms with Crippen molar-refractivity contribution >= 4 is 44.8 Å². The van der Waals surface area contributed by atoms with Crippen molar-refractivity contribution in [2.45, 2.75) is 24.3 Å². The van der Waals surface area contributed by atoms with Gasteiger partial charge in [-0.2, -0.15) is 4.31 Å². The number of fused-ring (bicyclic) bond motifs is 1. The van der Waals surface area contributed by atoms with Gasteiger partial charge >= 0.3 is 0 Å². The van der Waals surface area contributed by atoms with Crippen molar-refractivity contribution < 1.29 is 13.2 Å². The van der Waals surface area contributed by atoms with Crippen molar-refractivity contribution in [1.82, 2.24) is 4.31 Å². The van der Waals surface area contributed by atoms with E-state index in [0.717, 1.165) is 5.56 Å². The molecule has 0 aliphatic carbocycles. The van der Waals surface area contributed by atoms with E-state index in [2.05, 4.69) is 5.32 Å². The maximum Gasteiger partial charge on any atom is 0.243 e. The van der Waals surface area contributed by atoms with Crippen LogP contribution in [-0.2, 0) is 21.4 Å². The second-order valence-electron chi connectivity index (χ2n) is 5.97. The van der Waals surface area contributed by atoms with Gasteiger partial charge in [0.25, 0.3) is 0 Å². The Bertz CT molecular complexity index is 960. The van der Waals surface area contributed by atoms with Gasteiger partial charge in [-0.05, 0) is 48.4 Å². The smallest absolute Gasteiger partial charge is 0.243 e. The lowest BCUT2D eigenvalue weighted by Crippen LogP contribution is -2.26. The summed E-state index contributed by atoms with van der Waals surface area (Å²) in [4.78, 5) is 11.9. The summed E-state index contributed by atoms with van der Waals surface area (Å²) in [6.45, 7) is 1.90. The number of hydrogen-bond acceptors (Lipinski definition) is 3. The normalized spacial score (nSPS) is 16.8. The number of nitrogens with zero attached hydrogens (tertiary/aromatic N) is 1. The molecule has 2 aromatic carbocycles. The van der Waals surface area contributed by atoms with E-state index < -0.39 is 10.0 Å². The van der Waals surface area contributed by atoms with Crippen LogP contribution in [0.2, 0.25) is 10.0 Å². The van der Waals surface area contributed by atoms with Crippen molar-refractivity contribution in [2.24, 2.45) is 0 Å². The van der Waals surface area contributed by atoms with Gasteiger partial charge < -0.3 is 5.32 Å². The minimum atomic E-state index is -3.70. The van der Waals surface area contributed by atoms with Crippen LogP contribution in [0, 0.1) is 0 Å². The largest absolute Gasteiger partial charge is 0.325 e. The number of sulfonamides is 1. The first-order chi connectivity index (χ1) is 11.7. The fraction of sp³-hybridized carbons (Fsp3) is 0.235. The second kappa shape index (κ2) is 6.61. The summed E-state index contributed by atoms with van der Waals surface area (Å²) in [6, 6.07) is 9.68. The average Bonchev–Trinajstić information content (AvgIpc) is 2.85. The fourth-order valence-corrected chi connectivity index (χ4v) is 4.23. The van der Waals surface area contributed by atoms with E-state index in [1.807, 2.05) is 0 Å². The molecule has 0 radical (unpaired) electrons. The summed E-state index contributed by atoms with van der Waals surface area (Å²) in [5.41, 5.74) is 2.07. The predicted octanol–water partition coefficient (Wildman–Crippen LogP) is 3.87. The fourth-order valence-electron chi connectivity index (χ4n) is 2.72. The molecule has 0 unspecified atom stereocenters. The number of hydrogen-bond donors (Lipinski definition) is 1. The first kappa shape index (κ1) is 18.2. The lowest BCUT2D eigenvalue weighted by atomic mass is 10.0. The van der Waals surface area contributed by atoms with Crippen LogP contribution >= 0.6 is 23.2 Å². The monoisotopic (exact) mass is 398 g/mol. The lowest BCUT2D eigenvalue weighted by Gasteiger charge is -2.18. The number of benzene rings is 2. The number of rotatable bonds is 4.